The van der Waals surface area contributed by atoms with E-state index in [0.717, 1.165) is 0 Å². The summed E-state index contributed by atoms with van der Waals surface area (Å²) in [5.41, 5.74) is 5.80. The van der Waals surface area contributed by atoms with Gasteiger partial charge in [-0.1, -0.05) is 0 Å². The molecule has 144 valence electrons. The molecule has 1 rings (SSSR count). The average molecular weight is 370 g/mol. The lowest BCUT2D eigenvalue weighted by Gasteiger charge is -2.19. The zero-order valence-electron chi connectivity index (χ0n) is 14.1. The van der Waals surface area contributed by atoms with E-state index in [1.54, 1.807) is 0 Å². The van der Waals surface area contributed by atoms with Crippen LogP contribution in [0, 0.1) is 0 Å². The number of aromatic amines is 1. The smallest absolute Gasteiger partial charge is 0.328 e. The van der Waals surface area contributed by atoms with Gasteiger partial charge in [0, 0.05) is 18.3 Å². The van der Waals surface area contributed by atoms with Crippen LogP contribution < -0.4 is 21.7 Å². The molecular weight excluding hydrogens is 348 g/mol. The molecule has 3 amide bonds. The van der Waals surface area contributed by atoms with E-state index >= 15 is 0 Å². The summed E-state index contributed by atoms with van der Waals surface area (Å²) in [4.78, 5) is 53.0. The number of nitrogens with two attached hydrogens (primary N) is 1. The minimum Gasteiger partial charge on any atom is -0.480 e. The van der Waals surface area contributed by atoms with Crippen LogP contribution in [-0.2, 0) is 25.6 Å². The second-order valence-electron chi connectivity index (χ2n) is 5.45. The van der Waals surface area contributed by atoms with Gasteiger partial charge < -0.3 is 36.9 Å². The first-order valence-electron chi connectivity index (χ1n) is 7.69. The van der Waals surface area contributed by atoms with Crippen LogP contribution in [0.5, 0.6) is 0 Å². The molecule has 1 heterocycles. The predicted molar refractivity (Wildman–Crippen MR) is 87.5 cm³/mol. The fourth-order valence-corrected chi connectivity index (χ4v) is 1.98. The molecule has 3 unspecified atom stereocenters. The highest BCUT2D eigenvalue weighted by atomic mass is 16.4. The fourth-order valence-electron chi connectivity index (χ4n) is 1.98. The SMILES string of the molecule is CC(O)C(NC(=O)CNC(=O)C(Cc1cnc[nH]1)NC(=O)CN)C(=O)O. The van der Waals surface area contributed by atoms with Crippen molar-refractivity contribution in [1.82, 2.24) is 25.9 Å². The Hall–Kier alpha value is -2.99. The lowest BCUT2D eigenvalue weighted by Crippen LogP contribution is -2.53. The van der Waals surface area contributed by atoms with Gasteiger partial charge in [-0.15, -0.1) is 0 Å². The summed E-state index contributed by atoms with van der Waals surface area (Å²) in [6, 6.07) is -2.51. The summed E-state index contributed by atoms with van der Waals surface area (Å²) in [5, 5.41) is 25.0. The Balaban J connectivity index is 2.63. The third kappa shape index (κ3) is 6.86. The number of aromatic nitrogens is 2. The maximum atomic E-state index is 12.2. The molecule has 8 N–H and O–H groups in total. The summed E-state index contributed by atoms with van der Waals surface area (Å²) < 4.78 is 0. The molecule has 0 bridgehead atoms. The number of aliphatic carboxylic acids is 1. The lowest BCUT2D eigenvalue weighted by atomic mass is 10.1. The highest BCUT2D eigenvalue weighted by molar-refractivity contribution is 5.92. The number of nitrogens with zero attached hydrogens (tertiary/aromatic N) is 1. The molecule has 0 radical (unpaired) electrons. The Kier molecular flexibility index (Phi) is 8.18. The van der Waals surface area contributed by atoms with Gasteiger partial charge in [-0.3, -0.25) is 14.4 Å². The third-order valence-electron chi connectivity index (χ3n) is 3.30. The van der Waals surface area contributed by atoms with Gasteiger partial charge in [-0.25, -0.2) is 9.78 Å². The molecule has 0 aliphatic carbocycles. The Morgan fingerprint density at radius 1 is 1.27 bits per heavy atom. The van der Waals surface area contributed by atoms with Crippen LogP contribution in [0.25, 0.3) is 0 Å². The summed E-state index contributed by atoms with van der Waals surface area (Å²) in [6.07, 6.45) is 1.65. The topological polar surface area (TPSA) is 200 Å². The van der Waals surface area contributed by atoms with Gasteiger partial charge in [-0.05, 0) is 6.92 Å². The Morgan fingerprint density at radius 2 is 1.96 bits per heavy atom. The average Bonchev–Trinajstić information content (AvgIpc) is 3.09. The van der Waals surface area contributed by atoms with Crippen LogP contribution in [-0.4, -0.2) is 75.1 Å². The Labute approximate surface area is 148 Å². The summed E-state index contributed by atoms with van der Waals surface area (Å²) in [7, 11) is 0. The number of amides is 3. The molecule has 3 atom stereocenters. The van der Waals surface area contributed by atoms with Crippen LogP contribution in [0.2, 0.25) is 0 Å². The summed E-state index contributed by atoms with van der Waals surface area (Å²) in [5.74, 6) is -3.45. The van der Waals surface area contributed by atoms with Gasteiger partial charge in [0.1, 0.15) is 6.04 Å². The van der Waals surface area contributed by atoms with Crippen molar-refractivity contribution in [2.45, 2.75) is 31.5 Å². The van der Waals surface area contributed by atoms with Crippen molar-refractivity contribution in [3.63, 3.8) is 0 Å². The van der Waals surface area contributed by atoms with E-state index in [1.165, 1.54) is 19.4 Å². The number of H-pyrrole nitrogens is 1. The number of rotatable bonds is 10. The number of carbonyl (C=O) groups is 4. The number of carboxylic acid groups (broad SMARTS) is 1. The molecular formula is C14H22N6O6. The Bertz CT molecular complexity index is 632. The van der Waals surface area contributed by atoms with Crippen molar-refractivity contribution < 1.29 is 29.4 Å². The second-order valence-corrected chi connectivity index (χ2v) is 5.45. The van der Waals surface area contributed by atoms with Crippen molar-refractivity contribution >= 4 is 23.7 Å². The number of hydrogen-bond acceptors (Lipinski definition) is 7. The van der Waals surface area contributed by atoms with Crippen LogP contribution in [0.4, 0.5) is 0 Å². The standard InChI is InChI=1S/C14H22N6O6/c1-7(21)12(14(25)26)20-11(23)5-17-13(24)9(19-10(22)3-15)2-8-4-16-6-18-8/h4,6-7,9,12,21H,2-3,5,15H2,1H3,(H,16,18)(H,17,24)(H,19,22)(H,20,23)(H,25,26). The number of imidazole rings is 1. The van der Waals surface area contributed by atoms with Gasteiger partial charge in [0.05, 0.1) is 25.5 Å². The highest BCUT2D eigenvalue weighted by Crippen LogP contribution is 1.99. The minimum absolute atomic E-state index is 0.0879. The van der Waals surface area contributed by atoms with Gasteiger partial charge in [0.25, 0.3) is 0 Å². The van der Waals surface area contributed by atoms with E-state index in [4.69, 9.17) is 10.8 Å². The minimum atomic E-state index is -1.50. The lowest BCUT2D eigenvalue weighted by molar-refractivity contribution is -0.144. The van der Waals surface area contributed by atoms with Gasteiger partial charge in [0.2, 0.25) is 17.7 Å². The monoisotopic (exact) mass is 370 g/mol. The van der Waals surface area contributed by atoms with Crippen molar-refractivity contribution in [3.8, 4) is 0 Å². The Morgan fingerprint density at radius 3 is 2.46 bits per heavy atom. The molecule has 26 heavy (non-hydrogen) atoms. The van der Waals surface area contributed by atoms with E-state index in [2.05, 4.69) is 25.9 Å². The van der Waals surface area contributed by atoms with E-state index in [9.17, 15) is 24.3 Å². The summed E-state index contributed by atoms with van der Waals surface area (Å²) >= 11 is 0. The first-order valence-corrected chi connectivity index (χ1v) is 7.69. The first-order chi connectivity index (χ1) is 12.2. The third-order valence-corrected chi connectivity index (χ3v) is 3.30. The van der Waals surface area contributed by atoms with Gasteiger partial charge in [0.15, 0.2) is 6.04 Å². The molecule has 12 heteroatoms. The fraction of sp³-hybridized carbons (Fsp3) is 0.500. The zero-order valence-corrected chi connectivity index (χ0v) is 14.1. The maximum Gasteiger partial charge on any atom is 0.328 e. The highest BCUT2D eigenvalue weighted by Gasteiger charge is 2.26. The molecule has 1 aromatic heterocycles. The number of aliphatic hydroxyl groups is 1. The van der Waals surface area contributed by atoms with Crippen molar-refractivity contribution in [3.05, 3.63) is 18.2 Å². The molecule has 1 aromatic rings. The predicted octanol–water partition coefficient (Wildman–Crippen LogP) is -3.54. The van der Waals surface area contributed by atoms with Gasteiger partial charge in [-0.2, -0.15) is 0 Å². The zero-order chi connectivity index (χ0) is 19.7. The quantitative estimate of drug-likeness (QED) is 0.219. The van der Waals surface area contributed by atoms with Crippen LogP contribution in [0.15, 0.2) is 12.5 Å². The van der Waals surface area contributed by atoms with Crippen LogP contribution in [0.1, 0.15) is 12.6 Å². The van der Waals surface area contributed by atoms with E-state index in [-0.39, 0.29) is 13.0 Å². The van der Waals surface area contributed by atoms with Crippen molar-refractivity contribution in [1.29, 1.82) is 0 Å². The number of carboxylic acids is 1. The van der Waals surface area contributed by atoms with Gasteiger partial charge >= 0.3 is 5.97 Å². The van der Waals surface area contributed by atoms with E-state index in [0.29, 0.717) is 5.69 Å². The van der Waals surface area contributed by atoms with Crippen LogP contribution >= 0.6 is 0 Å². The maximum absolute atomic E-state index is 12.2. The molecule has 0 fully saturated rings. The summed E-state index contributed by atoms with van der Waals surface area (Å²) in [6.45, 7) is 0.357. The van der Waals surface area contributed by atoms with E-state index in [1.807, 2.05) is 0 Å². The second kappa shape index (κ2) is 10.1. The largest absolute Gasteiger partial charge is 0.480 e. The van der Waals surface area contributed by atoms with Crippen molar-refractivity contribution in [2.24, 2.45) is 5.73 Å². The molecule has 0 spiro atoms. The molecule has 0 aromatic carbocycles. The van der Waals surface area contributed by atoms with Crippen molar-refractivity contribution in [2.75, 3.05) is 13.1 Å². The molecule has 0 saturated carbocycles. The number of nitrogens with one attached hydrogen (secondary N) is 4. The van der Waals surface area contributed by atoms with Crippen LogP contribution in [0.3, 0.4) is 0 Å². The normalized spacial score (nSPS) is 14.0. The molecule has 12 nitrogen and oxygen atoms in total. The number of aliphatic hydroxyl groups excluding tert-OH is 1. The number of carbonyl (C=O) groups excluding carboxylic acids is 3. The molecule has 0 aliphatic heterocycles. The molecule has 0 aliphatic rings. The van der Waals surface area contributed by atoms with E-state index < -0.39 is 48.4 Å². The molecule has 0 saturated heterocycles. The number of hydrogen-bond donors (Lipinski definition) is 7. The first kappa shape index (κ1) is 21.1.